The second kappa shape index (κ2) is 4.38. The molecule has 0 saturated carbocycles. The minimum absolute atomic E-state index is 0.126. The largest absolute Gasteiger partial charge is 0.496 e. The van der Waals surface area contributed by atoms with E-state index in [4.69, 9.17) is 4.74 Å². The number of anilines is 1. The lowest BCUT2D eigenvalue weighted by molar-refractivity contribution is -0.384. The molecule has 0 bridgehead atoms. The fraction of sp³-hybridized carbons (Fsp3) is 0.455. The number of nitrogens with zero attached hydrogens (tertiary/aromatic N) is 2. The number of hydrogen-bond acceptors (Lipinski definition) is 4. The van der Waals surface area contributed by atoms with Crippen LogP contribution in [0.15, 0.2) is 18.2 Å². The summed E-state index contributed by atoms with van der Waals surface area (Å²) in [6.07, 6.45) is 2.20. The lowest BCUT2D eigenvalue weighted by Crippen LogP contribution is -2.18. The molecule has 0 amide bonds. The van der Waals surface area contributed by atoms with Gasteiger partial charge in [-0.25, -0.2) is 0 Å². The number of nitro groups is 1. The first kappa shape index (κ1) is 10.7. The summed E-state index contributed by atoms with van der Waals surface area (Å²) in [5, 5.41) is 11.0. The summed E-state index contributed by atoms with van der Waals surface area (Å²) in [4.78, 5) is 12.7. The number of nitro benzene ring substituents is 1. The predicted molar refractivity (Wildman–Crippen MR) is 61.1 cm³/mol. The lowest BCUT2D eigenvalue weighted by atomic mass is 10.2. The van der Waals surface area contributed by atoms with Gasteiger partial charge in [0.15, 0.2) is 0 Å². The molecule has 5 nitrogen and oxygen atoms in total. The molecule has 86 valence electrons. The first-order valence-corrected chi connectivity index (χ1v) is 5.30. The summed E-state index contributed by atoms with van der Waals surface area (Å²) in [7, 11) is 1.51. The summed E-state index contributed by atoms with van der Waals surface area (Å²) >= 11 is 0. The Morgan fingerprint density at radius 1 is 1.38 bits per heavy atom. The zero-order valence-corrected chi connectivity index (χ0v) is 9.18. The van der Waals surface area contributed by atoms with Crippen LogP contribution in [0.5, 0.6) is 5.75 Å². The van der Waals surface area contributed by atoms with E-state index in [1.807, 2.05) is 0 Å². The van der Waals surface area contributed by atoms with Gasteiger partial charge in [-0.15, -0.1) is 0 Å². The van der Waals surface area contributed by atoms with Crippen LogP contribution in [0.25, 0.3) is 0 Å². The van der Waals surface area contributed by atoms with Crippen LogP contribution in [0.3, 0.4) is 0 Å². The van der Waals surface area contributed by atoms with E-state index in [9.17, 15) is 10.1 Å². The van der Waals surface area contributed by atoms with Gasteiger partial charge in [0, 0.05) is 13.1 Å². The van der Waals surface area contributed by atoms with Gasteiger partial charge in [-0.3, -0.25) is 10.1 Å². The van der Waals surface area contributed by atoms with Crippen molar-refractivity contribution in [2.24, 2.45) is 0 Å². The quantitative estimate of drug-likeness (QED) is 0.581. The molecule has 0 spiro atoms. The Labute approximate surface area is 93.8 Å². The minimum atomic E-state index is -0.351. The molecule has 1 saturated heterocycles. The Balaban J connectivity index is 2.39. The molecule has 0 atom stereocenters. The van der Waals surface area contributed by atoms with Crippen molar-refractivity contribution < 1.29 is 9.66 Å². The third-order valence-electron chi connectivity index (χ3n) is 2.83. The molecule has 0 aromatic heterocycles. The minimum Gasteiger partial charge on any atom is -0.496 e. The third kappa shape index (κ3) is 1.93. The molecule has 0 N–H and O–H groups in total. The number of rotatable bonds is 3. The summed E-state index contributed by atoms with van der Waals surface area (Å²) in [5.41, 5.74) is 0.824. The number of benzene rings is 1. The van der Waals surface area contributed by atoms with Crippen LogP contribution in [0.4, 0.5) is 11.4 Å². The van der Waals surface area contributed by atoms with Crippen molar-refractivity contribution in [3.05, 3.63) is 28.3 Å². The molecular weight excluding hydrogens is 208 g/mol. The molecule has 1 aromatic carbocycles. The predicted octanol–water partition coefficient (Wildman–Crippen LogP) is 2.20. The summed E-state index contributed by atoms with van der Waals surface area (Å²) < 4.78 is 5.00. The maximum absolute atomic E-state index is 11.0. The smallest absolute Gasteiger partial charge is 0.296 e. The normalized spacial score (nSPS) is 15.2. The van der Waals surface area contributed by atoms with Gasteiger partial charge >= 0.3 is 0 Å². The Morgan fingerprint density at radius 3 is 2.62 bits per heavy atom. The van der Waals surface area contributed by atoms with Crippen molar-refractivity contribution >= 4 is 11.4 Å². The second-order valence-corrected chi connectivity index (χ2v) is 3.81. The van der Waals surface area contributed by atoms with Crippen LogP contribution in [0.1, 0.15) is 12.8 Å². The van der Waals surface area contributed by atoms with Crippen molar-refractivity contribution in [3.63, 3.8) is 0 Å². The van der Waals surface area contributed by atoms with E-state index in [-0.39, 0.29) is 10.6 Å². The summed E-state index contributed by atoms with van der Waals surface area (Å²) in [6.45, 7) is 1.79. The maximum atomic E-state index is 11.0. The Bertz CT molecular complexity index is 400. The van der Waals surface area contributed by atoms with Crippen LogP contribution >= 0.6 is 0 Å². The molecule has 2 rings (SSSR count). The van der Waals surface area contributed by atoms with Gasteiger partial charge in [0.2, 0.25) is 0 Å². The first-order valence-electron chi connectivity index (χ1n) is 5.30. The average molecular weight is 222 g/mol. The van der Waals surface area contributed by atoms with Crippen molar-refractivity contribution in [1.29, 1.82) is 0 Å². The summed E-state index contributed by atoms with van der Waals surface area (Å²) in [6, 6.07) is 5.01. The topological polar surface area (TPSA) is 55.6 Å². The van der Waals surface area contributed by atoms with Crippen LogP contribution in [0, 0.1) is 10.1 Å². The fourth-order valence-electron chi connectivity index (χ4n) is 2.00. The highest BCUT2D eigenvalue weighted by atomic mass is 16.6. The standard InChI is InChI=1S/C11H14N2O3/c1-16-9-4-5-10(11(8-9)13(14)15)12-6-2-3-7-12/h4-5,8H,2-3,6-7H2,1H3. The molecule has 1 fully saturated rings. The van der Waals surface area contributed by atoms with Gasteiger partial charge in [0.25, 0.3) is 5.69 Å². The van der Waals surface area contributed by atoms with E-state index in [1.165, 1.54) is 13.2 Å². The van der Waals surface area contributed by atoms with Gasteiger partial charge < -0.3 is 9.64 Å². The number of ether oxygens (including phenoxy) is 1. The molecule has 0 aliphatic carbocycles. The zero-order valence-electron chi connectivity index (χ0n) is 9.18. The lowest BCUT2D eigenvalue weighted by Gasteiger charge is -2.17. The molecule has 1 heterocycles. The fourth-order valence-corrected chi connectivity index (χ4v) is 2.00. The van der Waals surface area contributed by atoms with Crippen molar-refractivity contribution in [2.75, 3.05) is 25.1 Å². The van der Waals surface area contributed by atoms with E-state index >= 15 is 0 Å². The number of hydrogen-bond donors (Lipinski definition) is 0. The highest BCUT2D eigenvalue weighted by Gasteiger charge is 2.22. The Hall–Kier alpha value is -1.78. The van der Waals surface area contributed by atoms with Gasteiger partial charge in [0.05, 0.1) is 18.1 Å². The highest BCUT2D eigenvalue weighted by Crippen LogP contribution is 2.33. The molecular formula is C11H14N2O3. The molecule has 1 aromatic rings. The van der Waals surface area contributed by atoms with E-state index in [0.717, 1.165) is 25.9 Å². The van der Waals surface area contributed by atoms with Crippen LogP contribution < -0.4 is 9.64 Å². The molecule has 5 heteroatoms. The second-order valence-electron chi connectivity index (χ2n) is 3.81. The van der Waals surface area contributed by atoms with Crippen LogP contribution in [-0.4, -0.2) is 25.1 Å². The Morgan fingerprint density at radius 2 is 2.06 bits per heavy atom. The zero-order chi connectivity index (χ0) is 11.5. The molecule has 16 heavy (non-hydrogen) atoms. The van der Waals surface area contributed by atoms with Gasteiger partial charge in [-0.1, -0.05) is 0 Å². The van der Waals surface area contributed by atoms with Gasteiger partial charge in [-0.05, 0) is 25.0 Å². The van der Waals surface area contributed by atoms with Crippen LogP contribution in [-0.2, 0) is 0 Å². The van der Waals surface area contributed by atoms with Crippen molar-refractivity contribution in [3.8, 4) is 5.75 Å². The molecule has 0 radical (unpaired) electrons. The Kier molecular flexibility index (Phi) is 2.94. The van der Waals surface area contributed by atoms with Gasteiger partial charge in [-0.2, -0.15) is 0 Å². The molecule has 1 aliphatic rings. The van der Waals surface area contributed by atoms with Crippen molar-refractivity contribution in [1.82, 2.24) is 0 Å². The average Bonchev–Trinajstić information content (AvgIpc) is 2.81. The maximum Gasteiger partial charge on any atom is 0.296 e. The summed E-state index contributed by atoms with van der Waals surface area (Å²) in [5.74, 6) is 0.523. The van der Waals surface area contributed by atoms with E-state index in [1.54, 1.807) is 12.1 Å². The third-order valence-corrected chi connectivity index (χ3v) is 2.83. The SMILES string of the molecule is COc1ccc(N2CCCC2)c([N+](=O)[O-])c1. The van der Waals surface area contributed by atoms with E-state index in [0.29, 0.717) is 11.4 Å². The highest BCUT2D eigenvalue weighted by molar-refractivity contribution is 5.65. The van der Waals surface area contributed by atoms with Crippen LogP contribution in [0.2, 0.25) is 0 Å². The first-order chi connectivity index (χ1) is 7.72. The monoisotopic (exact) mass is 222 g/mol. The van der Waals surface area contributed by atoms with E-state index in [2.05, 4.69) is 4.90 Å². The molecule has 0 unspecified atom stereocenters. The molecule has 1 aliphatic heterocycles. The number of methoxy groups -OCH3 is 1. The van der Waals surface area contributed by atoms with Crippen molar-refractivity contribution in [2.45, 2.75) is 12.8 Å². The van der Waals surface area contributed by atoms with Gasteiger partial charge in [0.1, 0.15) is 11.4 Å². The van der Waals surface area contributed by atoms with E-state index < -0.39 is 0 Å².